The SMILES string of the molecule is COc1c(C=NN)c(CCN(C)C(=S)Nc2ccccc2)cc2c1OCO2. The summed E-state index contributed by atoms with van der Waals surface area (Å²) in [5.41, 5.74) is 2.72. The van der Waals surface area contributed by atoms with Crippen LogP contribution in [0.25, 0.3) is 0 Å². The molecule has 1 heterocycles. The van der Waals surface area contributed by atoms with Crippen LogP contribution in [0.5, 0.6) is 17.2 Å². The number of hydrogen-bond donors (Lipinski definition) is 2. The van der Waals surface area contributed by atoms with E-state index in [-0.39, 0.29) is 6.79 Å². The lowest BCUT2D eigenvalue weighted by Crippen LogP contribution is -2.32. The van der Waals surface area contributed by atoms with E-state index in [1.807, 2.05) is 48.3 Å². The minimum absolute atomic E-state index is 0.166. The molecular weight excluding hydrogens is 364 g/mol. The first-order valence-corrected chi connectivity index (χ1v) is 8.84. The number of thiocarbonyl (C=S) groups is 1. The number of nitrogens with one attached hydrogen (secondary N) is 1. The van der Waals surface area contributed by atoms with Crippen molar-refractivity contribution in [1.29, 1.82) is 0 Å². The third-order valence-corrected chi connectivity index (χ3v) is 4.65. The number of hydrazone groups is 1. The van der Waals surface area contributed by atoms with Crippen LogP contribution in [0.1, 0.15) is 11.1 Å². The minimum Gasteiger partial charge on any atom is -0.492 e. The summed E-state index contributed by atoms with van der Waals surface area (Å²) >= 11 is 5.49. The number of benzene rings is 2. The first-order chi connectivity index (χ1) is 13.1. The van der Waals surface area contributed by atoms with Crippen molar-refractivity contribution in [3.63, 3.8) is 0 Å². The molecule has 1 aliphatic heterocycles. The second kappa shape index (κ2) is 8.59. The smallest absolute Gasteiger partial charge is 0.231 e. The maximum absolute atomic E-state index is 5.52. The summed E-state index contributed by atoms with van der Waals surface area (Å²) in [6, 6.07) is 11.8. The Balaban J connectivity index is 1.74. The molecular formula is C19H22N4O3S. The summed E-state index contributed by atoms with van der Waals surface area (Å²) in [5, 5.41) is 7.53. The van der Waals surface area contributed by atoms with E-state index in [0.29, 0.717) is 35.3 Å². The molecule has 1 aliphatic rings. The number of methoxy groups -OCH3 is 1. The molecule has 3 N–H and O–H groups in total. The number of fused-ring (bicyclic) bond motifs is 1. The number of anilines is 1. The minimum atomic E-state index is 0.166. The van der Waals surface area contributed by atoms with Crippen molar-refractivity contribution in [2.24, 2.45) is 10.9 Å². The van der Waals surface area contributed by atoms with Gasteiger partial charge in [-0.1, -0.05) is 18.2 Å². The lowest BCUT2D eigenvalue weighted by molar-refractivity contribution is 0.171. The van der Waals surface area contributed by atoms with E-state index in [0.717, 1.165) is 16.8 Å². The van der Waals surface area contributed by atoms with Gasteiger partial charge in [0.05, 0.1) is 13.3 Å². The highest BCUT2D eigenvalue weighted by Gasteiger charge is 2.24. The number of ether oxygens (including phenoxy) is 3. The third-order valence-electron chi connectivity index (χ3n) is 4.24. The van der Waals surface area contributed by atoms with E-state index in [1.165, 1.54) is 0 Å². The molecule has 0 fully saturated rings. The van der Waals surface area contributed by atoms with Crippen LogP contribution in [0, 0.1) is 0 Å². The van der Waals surface area contributed by atoms with Crippen LogP contribution in [0.2, 0.25) is 0 Å². The fourth-order valence-electron chi connectivity index (χ4n) is 2.83. The van der Waals surface area contributed by atoms with E-state index in [2.05, 4.69) is 10.4 Å². The standard InChI is InChI=1S/C19H22N4O3S/c1-23(19(27)22-14-6-4-3-5-7-14)9-8-13-10-16-18(26-12-25-16)17(24-2)15(13)11-21-20/h3-7,10-11H,8-9,12,20H2,1-2H3,(H,22,27). The molecule has 0 amide bonds. The van der Waals surface area contributed by atoms with Crippen LogP contribution in [0.4, 0.5) is 5.69 Å². The molecule has 0 saturated carbocycles. The fraction of sp³-hybridized carbons (Fsp3) is 0.263. The second-order valence-corrected chi connectivity index (χ2v) is 6.35. The molecule has 0 bridgehead atoms. The van der Waals surface area contributed by atoms with Gasteiger partial charge in [0, 0.05) is 24.8 Å². The number of nitrogens with two attached hydrogens (primary N) is 1. The Hall–Kier alpha value is -3.00. The third kappa shape index (κ3) is 4.22. The van der Waals surface area contributed by atoms with E-state index < -0.39 is 0 Å². The second-order valence-electron chi connectivity index (χ2n) is 5.96. The van der Waals surface area contributed by atoms with Gasteiger partial charge in [-0.15, -0.1) is 0 Å². The summed E-state index contributed by atoms with van der Waals surface area (Å²) in [6.45, 7) is 0.853. The number of nitrogens with zero attached hydrogens (tertiary/aromatic N) is 2. The number of hydrogen-bond acceptors (Lipinski definition) is 6. The molecule has 0 spiro atoms. The van der Waals surface area contributed by atoms with Gasteiger partial charge in [0.2, 0.25) is 12.5 Å². The molecule has 8 heteroatoms. The molecule has 0 unspecified atom stereocenters. The first-order valence-electron chi connectivity index (χ1n) is 8.44. The number of rotatable bonds is 6. The van der Waals surface area contributed by atoms with Gasteiger partial charge < -0.3 is 30.3 Å². The molecule has 27 heavy (non-hydrogen) atoms. The van der Waals surface area contributed by atoms with E-state index in [1.54, 1.807) is 13.3 Å². The topological polar surface area (TPSA) is 81.3 Å². The van der Waals surface area contributed by atoms with Crippen LogP contribution in [-0.4, -0.2) is 43.7 Å². The van der Waals surface area contributed by atoms with Crippen LogP contribution in [-0.2, 0) is 6.42 Å². The van der Waals surface area contributed by atoms with Crippen molar-refractivity contribution in [3.05, 3.63) is 47.5 Å². The van der Waals surface area contributed by atoms with Gasteiger partial charge in [-0.3, -0.25) is 0 Å². The van der Waals surface area contributed by atoms with Crippen LogP contribution in [0.15, 0.2) is 41.5 Å². The van der Waals surface area contributed by atoms with Gasteiger partial charge in [-0.05, 0) is 42.4 Å². The van der Waals surface area contributed by atoms with Crippen LogP contribution >= 0.6 is 12.2 Å². The van der Waals surface area contributed by atoms with Gasteiger partial charge in [-0.25, -0.2) is 0 Å². The van der Waals surface area contributed by atoms with Crippen LogP contribution < -0.4 is 25.4 Å². The zero-order chi connectivity index (χ0) is 19.2. The highest BCUT2D eigenvalue weighted by atomic mass is 32.1. The largest absolute Gasteiger partial charge is 0.492 e. The van der Waals surface area contributed by atoms with Gasteiger partial charge >= 0.3 is 0 Å². The average Bonchev–Trinajstić information content (AvgIpc) is 3.15. The molecule has 142 valence electrons. The van der Waals surface area contributed by atoms with Crippen molar-refractivity contribution in [1.82, 2.24) is 4.90 Å². The molecule has 2 aromatic carbocycles. The molecule has 3 rings (SSSR count). The Labute approximate surface area is 163 Å². The molecule has 0 radical (unpaired) electrons. The zero-order valence-corrected chi connectivity index (χ0v) is 16.1. The first kappa shape index (κ1) is 18.8. The normalized spacial score (nSPS) is 12.2. The van der Waals surface area contributed by atoms with E-state index >= 15 is 0 Å². The van der Waals surface area contributed by atoms with Gasteiger partial charge in [0.15, 0.2) is 16.6 Å². The summed E-state index contributed by atoms with van der Waals surface area (Å²) in [5.74, 6) is 7.19. The molecule has 0 atom stereocenters. The Morgan fingerprint density at radius 2 is 2.15 bits per heavy atom. The lowest BCUT2D eigenvalue weighted by atomic mass is 10.0. The Kier molecular flexibility index (Phi) is 5.97. The quantitative estimate of drug-likeness (QED) is 0.342. The zero-order valence-electron chi connectivity index (χ0n) is 15.3. The Morgan fingerprint density at radius 3 is 2.85 bits per heavy atom. The fourth-order valence-corrected chi connectivity index (χ4v) is 3.04. The molecule has 2 aromatic rings. The predicted molar refractivity (Wildman–Crippen MR) is 110 cm³/mol. The Bertz CT molecular complexity index is 843. The molecule has 0 aliphatic carbocycles. The van der Waals surface area contributed by atoms with Crippen molar-refractivity contribution in [2.45, 2.75) is 6.42 Å². The summed E-state index contributed by atoms with van der Waals surface area (Å²) in [7, 11) is 3.53. The molecule has 0 aromatic heterocycles. The highest BCUT2D eigenvalue weighted by molar-refractivity contribution is 7.80. The predicted octanol–water partition coefficient (Wildman–Crippen LogP) is 2.59. The van der Waals surface area contributed by atoms with Crippen molar-refractivity contribution < 1.29 is 14.2 Å². The van der Waals surface area contributed by atoms with Crippen molar-refractivity contribution in [2.75, 3.05) is 32.8 Å². The maximum atomic E-state index is 5.52. The van der Waals surface area contributed by atoms with Crippen molar-refractivity contribution in [3.8, 4) is 17.2 Å². The van der Waals surface area contributed by atoms with Gasteiger partial charge in [0.25, 0.3) is 0 Å². The van der Waals surface area contributed by atoms with Gasteiger partial charge in [0.1, 0.15) is 0 Å². The van der Waals surface area contributed by atoms with E-state index in [9.17, 15) is 0 Å². The Morgan fingerprint density at radius 1 is 1.37 bits per heavy atom. The lowest BCUT2D eigenvalue weighted by Gasteiger charge is -2.22. The van der Waals surface area contributed by atoms with Gasteiger partial charge in [-0.2, -0.15) is 5.10 Å². The highest BCUT2D eigenvalue weighted by Crippen LogP contribution is 2.44. The number of likely N-dealkylation sites (N-methyl/N-ethyl adjacent to an activating group) is 1. The van der Waals surface area contributed by atoms with Crippen molar-refractivity contribution >= 4 is 29.2 Å². The summed E-state index contributed by atoms with van der Waals surface area (Å²) in [4.78, 5) is 1.97. The average molecular weight is 386 g/mol. The van der Waals surface area contributed by atoms with E-state index in [4.69, 9.17) is 32.3 Å². The molecule has 7 nitrogen and oxygen atoms in total. The molecule has 0 saturated heterocycles. The number of para-hydroxylation sites is 1. The van der Waals surface area contributed by atoms with Crippen LogP contribution in [0.3, 0.4) is 0 Å². The summed E-state index contributed by atoms with van der Waals surface area (Å²) in [6.07, 6.45) is 2.26. The monoisotopic (exact) mass is 386 g/mol. The summed E-state index contributed by atoms with van der Waals surface area (Å²) < 4.78 is 16.5. The maximum Gasteiger partial charge on any atom is 0.231 e.